The molecule has 0 heterocycles. The third kappa shape index (κ3) is 6.14. The van der Waals surface area contributed by atoms with Gasteiger partial charge >= 0.3 is 0 Å². The van der Waals surface area contributed by atoms with Crippen molar-refractivity contribution in [3.05, 3.63) is 106 Å². The number of nitrogens with one attached hydrogen (secondary N) is 1. The van der Waals surface area contributed by atoms with Crippen LogP contribution >= 0.6 is 0 Å². The summed E-state index contributed by atoms with van der Waals surface area (Å²) in [4.78, 5) is 13.5. The van der Waals surface area contributed by atoms with Crippen LogP contribution in [0.1, 0.15) is 78.7 Å². The molecule has 4 aromatic rings. The zero-order valence-electron chi connectivity index (χ0n) is 24.7. The highest BCUT2D eigenvalue weighted by atomic mass is 32.2. The van der Waals surface area contributed by atoms with Crippen molar-refractivity contribution in [2.24, 2.45) is 0 Å². The summed E-state index contributed by atoms with van der Waals surface area (Å²) in [6, 6.07) is 20.2. The average molecular weight is 588 g/mol. The number of hydrogen-bond donors (Lipinski definition) is 4. The molecule has 1 amide bonds. The van der Waals surface area contributed by atoms with Gasteiger partial charge in [-0.05, 0) is 76.9 Å². The number of rotatable bonds is 7. The second kappa shape index (κ2) is 11.5. The number of carbonyl (C=O) groups excluding carboxylic acids is 1. The zero-order valence-corrected chi connectivity index (χ0v) is 25.5. The first-order chi connectivity index (χ1) is 19.6. The maximum absolute atomic E-state index is 13.6. The minimum absolute atomic E-state index is 0.0767. The van der Waals surface area contributed by atoms with Crippen LogP contribution in [0.5, 0.6) is 17.2 Å². The van der Waals surface area contributed by atoms with E-state index in [1.54, 1.807) is 6.07 Å². The van der Waals surface area contributed by atoms with E-state index in [9.17, 15) is 28.5 Å². The quantitative estimate of drug-likeness (QED) is 0.169. The van der Waals surface area contributed by atoms with Crippen molar-refractivity contribution < 1.29 is 28.5 Å². The first-order valence-corrected chi connectivity index (χ1v) is 15.2. The number of aromatic hydroxyl groups is 3. The molecule has 8 heteroatoms. The van der Waals surface area contributed by atoms with Crippen LogP contribution in [0.4, 0.5) is 5.69 Å². The molecule has 0 radical (unpaired) electrons. The molecule has 0 atom stereocenters. The standard InChI is InChI=1S/C34H37NO6S/c1-20(2)26-10-8-7-9-22(26)18-23-19-27(31(37)32(38)30(23)36)33(39)35-24-12-14-25(15-13-24)42(40,41)29-17-21(3)11-16-28(29)34(4,5)6/h7-17,19-20,36-38H,18H2,1-6H3,(H,35,39). The van der Waals surface area contributed by atoms with Crippen LogP contribution in [0.25, 0.3) is 0 Å². The molecule has 4 rings (SSSR count). The molecular weight excluding hydrogens is 550 g/mol. The van der Waals surface area contributed by atoms with Gasteiger partial charge in [-0.15, -0.1) is 0 Å². The molecule has 0 aromatic heterocycles. The third-order valence-electron chi connectivity index (χ3n) is 7.29. The molecular formula is C34H37NO6S. The fourth-order valence-electron chi connectivity index (χ4n) is 4.99. The Morgan fingerprint density at radius 3 is 2.10 bits per heavy atom. The fraction of sp³-hybridized carbons (Fsp3) is 0.265. The number of hydrogen-bond acceptors (Lipinski definition) is 6. The summed E-state index contributed by atoms with van der Waals surface area (Å²) < 4.78 is 27.2. The van der Waals surface area contributed by atoms with Gasteiger partial charge in [-0.3, -0.25) is 4.79 Å². The van der Waals surface area contributed by atoms with Gasteiger partial charge in [-0.1, -0.05) is 71.0 Å². The molecule has 0 aliphatic rings. The average Bonchev–Trinajstić information content (AvgIpc) is 2.93. The van der Waals surface area contributed by atoms with E-state index >= 15 is 0 Å². The van der Waals surface area contributed by atoms with Gasteiger partial charge in [0.1, 0.15) is 0 Å². The number of aryl methyl sites for hydroxylation is 1. The summed E-state index contributed by atoms with van der Waals surface area (Å²) in [6.07, 6.45) is 0.233. The van der Waals surface area contributed by atoms with E-state index in [-0.39, 0.29) is 38.9 Å². The van der Waals surface area contributed by atoms with Crippen LogP contribution in [0.2, 0.25) is 0 Å². The molecule has 7 nitrogen and oxygen atoms in total. The van der Waals surface area contributed by atoms with E-state index in [4.69, 9.17) is 0 Å². The minimum Gasteiger partial charge on any atom is -0.504 e. The Bertz CT molecular complexity index is 1750. The number of phenolic OH excluding ortho intramolecular Hbond substituents is 3. The lowest BCUT2D eigenvalue weighted by Gasteiger charge is -2.23. The number of amides is 1. The van der Waals surface area contributed by atoms with E-state index in [0.29, 0.717) is 5.56 Å². The SMILES string of the molecule is Cc1ccc(C(C)(C)C)c(S(=O)(=O)c2ccc(NC(=O)c3cc(Cc4ccccc4C(C)C)c(O)c(O)c3O)cc2)c1. The number of sulfone groups is 1. The first-order valence-electron chi connectivity index (χ1n) is 13.7. The van der Waals surface area contributed by atoms with E-state index in [1.165, 1.54) is 30.3 Å². The monoisotopic (exact) mass is 587 g/mol. The summed E-state index contributed by atoms with van der Waals surface area (Å²) in [5.74, 6) is -2.55. The van der Waals surface area contributed by atoms with Gasteiger partial charge in [0.15, 0.2) is 11.5 Å². The molecule has 0 bridgehead atoms. The fourth-order valence-corrected chi connectivity index (χ4v) is 6.74. The molecule has 0 saturated heterocycles. The Hall–Kier alpha value is -4.30. The van der Waals surface area contributed by atoms with Crippen molar-refractivity contribution in [1.82, 2.24) is 0 Å². The van der Waals surface area contributed by atoms with Crippen LogP contribution in [-0.2, 0) is 21.7 Å². The van der Waals surface area contributed by atoms with E-state index in [0.717, 1.165) is 16.7 Å². The summed E-state index contributed by atoms with van der Waals surface area (Å²) in [7, 11) is -3.85. The van der Waals surface area contributed by atoms with Gasteiger partial charge in [-0.2, -0.15) is 0 Å². The molecule has 0 spiro atoms. The van der Waals surface area contributed by atoms with Crippen molar-refractivity contribution in [2.45, 2.75) is 69.1 Å². The van der Waals surface area contributed by atoms with Crippen molar-refractivity contribution >= 4 is 21.4 Å². The van der Waals surface area contributed by atoms with Crippen LogP contribution in [0.15, 0.2) is 82.6 Å². The molecule has 42 heavy (non-hydrogen) atoms. The largest absolute Gasteiger partial charge is 0.504 e. The van der Waals surface area contributed by atoms with Gasteiger partial charge in [0.25, 0.3) is 5.91 Å². The van der Waals surface area contributed by atoms with E-state index in [1.807, 2.05) is 77.9 Å². The van der Waals surface area contributed by atoms with Crippen LogP contribution in [0, 0.1) is 6.92 Å². The molecule has 0 unspecified atom stereocenters. The number of phenols is 3. The number of anilines is 1. The molecule has 4 aromatic carbocycles. The van der Waals surface area contributed by atoms with Crippen molar-refractivity contribution in [2.75, 3.05) is 5.32 Å². The summed E-state index contributed by atoms with van der Waals surface area (Å²) in [5.41, 5.74) is 3.46. The summed E-state index contributed by atoms with van der Waals surface area (Å²) in [6.45, 7) is 11.8. The highest BCUT2D eigenvalue weighted by Gasteiger charge is 2.28. The summed E-state index contributed by atoms with van der Waals surface area (Å²) >= 11 is 0. The zero-order chi connectivity index (χ0) is 31.0. The van der Waals surface area contributed by atoms with Crippen LogP contribution in [-0.4, -0.2) is 29.6 Å². The Morgan fingerprint density at radius 2 is 1.48 bits per heavy atom. The van der Waals surface area contributed by atoms with Gasteiger partial charge in [0.2, 0.25) is 15.6 Å². The Morgan fingerprint density at radius 1 is 0.833 bits per heavy atom. The van der Waals surface area contributed by atoms with E-state index in [2.05, 4.69) is 5.32 Å². The Kier molecular flexibility index (Phi) is 8.41. The highest BCUT2D eigenvalue weighted by Crippen LogP contribution is 2.42. The van der Waals surface area contributed by atoms with Gasteiger partial charge in [0.05, 0.1) is 15.4 Å². The van der Waals surface area contributed by atoms with Crippen molar-refractivity contribution in [1.29, 1.82) is 0 Å². The lowest BCUT2D eigenvalue weighted by atomic mass is 9.86. The number of carbonyl (C=O) groups is 1. The maximum Gasteiger partial charge on any atom is 0.259 e. The Labute approximate surface area is 247 Å². The van der Waals surface area contributed by atoms with Crippen molar-refractivity contribution in [3.8, 4) is 17.2 Å². The van der Waals surface area contributed by atoms with Crippen molar-refractivity contribution in [3.63, 3.8) is 0 Å². The van der Waals surface area contributed by atoms with E-state index < -0.39 is 38.4 Å². The lowest BCUT2D eigenvalue weighted by molar-refractivity contribution is 0.102. The van der Waals surface area contributed by atoms with Crippen LogP contribution in [0.3, 0.4) is 0 Å². The highest BCUT2D eigenvalue weighted by molar-refractivity contribution is 7.91. The topological polar surface area (TPSA) is 124 Å². The second-order valence-electron chi connectivity index (χ2n) is 11.9. The van der Waals surface area contributed by atoms with Crippen LogP contribution < -0.4 is 5.32 Å². The minimum atomic E-state index is -3.85. The summed E-state index contributed by atoms with van der Waals surface area (Å²) in [5, 5.41) is 34.1. The smallest absolute Gasteiger partial charge is 0.259 e. The first kappa shape index (κ1) is 30.7. The lowest BCUT2D eigenvalue weighted by Crippen LogP contribution is -2.17. The normalized spacial score (nSPS) is 12.0. The Balaban J connectivity index is 1.63. The second-order valence-corrected chi connectivity index (χ2v) is 13.8. The predicted molar refractivity (Wildman–Crippen MR) is 164 cm³/mol. The number of benzene rings is 4. The van der Waals surface area contributed by atoms with Gasteiger partial charge in [0, 0.05) is 17.7 Å². The maximum atomic E-state index is 13.6. The molecule has 0 fully saturated rings. The third-order valence-corrected chi connectivity index (χ3v) is 9.10. The molecule has 0 aliphatic carbocycles. The molecule has 0 saturated carbocycles. The molecule has 4 N–H and O–H groups in total. The van der Waals surface area contributed by atoms with Gasteiger partial charge < -0.3 is 20.6 Å². The predicted octanol–water partition coefficient (Wildman–Crippen LogP) is 7.21. The van der Waals surface area contributed by atoms with Gasteiger partial charge in [-0.25, -0.2) is 8.42 Å². The molecule has 220 valence electrons. The molecule has 0 aliphatic heterocycles.